The van der Waals surface area contributed by atoms with Gasteiger partial charge in [-0.2, -0.15) is 0 Å². The van der Waals surface area contributed by atoms with Crippen LogP contribution in [-0.4, -0.2) is 17.1 Å². The van der Waals surface area contributed by atoms with Crippen LogP contribution in [-0.2, 0) is 4.79 Å². The van der Waals surface area contributed by atoms with Crippen LogP contribution in [0.15, 0.2) is 24.3 Å². The third-order valence-electron chi connectivity index (χ3n) is 3.21. The van der Waals surface area contributed by atoms with Gasteiger partial charge in [0, 0.05) is 12.6 Å². The molecule has 3 atom stereocenters. The fraction of sp³-hybridized carbons (Fsp3) is 0.500. The summed E-state index contributed by atoms with van der Waals surface area (Å²) in [5.41, 5.74) is 7.63. The zero-order valence-electron chi connectivity index (χ0n) is 11.6. The van der Waals surface area contributed by atoms with Gasteiger partial charge >= 0.3 is 0 Å². The number of rotatable bonds is 5. The van der Waals surface area contributed by atoms with E-state index in [1.165, 1.54) is 6.92 Å². The number of hydrogen-bond donors (Lipinski definition) is 3. The van der Waals surface area contributed by atoms with Crippen molar-refractivity contribution in [3.05, 3.63) is 29.8 Å². The van der Waals surface area contributed by atoms with Gasteiger partial charge in [0.1, 0.15) is 0 Å². The number of benzene rings is 1. The monoisotopic (exact) mass is 286 g/mol. The third-order valence-corrected chi connectivity index (χ3v) is 3.21. The highest BCUT2D eigenvalue weighted by atomic mass is 35.5. The van der Waals surface area contributed by atoms with Gasteiger partial charge in [-0.1, -0.05) is 32.4 Å². The number of aliphatic hydroxyl groups is 1. The number of carbonyl (C=O) groups excluding carboxylic acids is 1. The lowest BCUT2D eigenvalue weighted by Crippen LogP contribution is -2.31. The predicted octanol–water partition coefficient (Wildman–Crippen LogP) is 2.47. The summed E-state index contributed by atoms with van der Waals surface area (Å²) in [6.07, 6.45) is 0.334. The number of amides is 1. The molecule has 0 heterocycles. The fourth-order valence-corrected chi connectivity index (χ4v) is 1.78. The number of aliphatic hydroxyl groups excluding tert-OH is 1. The predicted molar refractivity (Wildman–Crippen MR) is 80.4 cm³/mol. The van der Waals surface area contributed by atoms with Crippen LogP contribution >= 0.6 is 12.4 Å². The molecule has 0 spiro atoms. The van der Waals surface area contributed by atoms with Gasteiger partial charge in [-0.25, -0.2) is 0 Å². The van der Waals surface area contributed by atoms with Crippen molar-refractivity contribution in [3.8, 4) is 0 Å². The summed E-state index contributed by atoms with van der Waals surface area (Å²) >= 11 is 0. The Labute approximate surface area is 120 Å². The largest absolute Gasteiger partial charge is 0.391 e. The Morgan fingerprint density at radius 1 is 1.37 bits per heavy atom. The van der Waals surface area contributed by atoms with Gasteiger partial charge in [-0.05, 0) is 23.6 Å². The minimum absolute atomic E-state index is 0. The zero-order valence-corrected chi connectivity index (χ0v) is 12.4. The smallest absolute Gasteiger partial charge is 0.221 e. The van der Waals surface area contributed by atoms with Crippen molar-refractivity contribution in [2.24, 2.45) is 11.7 Å². The molecule has 1 rings (SSSR count). The molecule has 4 N–H and O–H groups in total. The van der Waals surface area contributed by atoms with Crippen LogP contribution in [0.3, 0.4) is 0 Å². The number of carbonyl (C=O) groups is 1. The maximum absolute atomic E-state index is 10.9. The van der Waals surface area contributed by atoms with Crippen LogP contribution in [0.25, 0.3) is 0 Å². The Hall–Kier alpha value is -1.10. The van der Waals surface area contributed by atoms with E-state index in [2.05, 4.69) is 5.32 Å². The zero-order chi connectivity index (χ0) is 13.7. The van der Waals surface area contributed by atoms with Crippen LogP contribution in [0.5, 0.6) is 0 Å². The average molecular weight is 287 g/mol. The first-order valence-electron chi connectivity index (χ1n) is 6.27. The van der Waals surface area contributed by atoms with Crippen molar-refractivity contribution in [3.63, 3.8) is 0 Å². The van der Waals surface area contributed by atoms with Crippen molar-refractivity contribution in [2.45, 2.75) is 39.3 Å². The first kappa shape index (κ1) is 17.9. The van der Waals surface area contributed by atoms with Gasteiger partial charge in [-0.3, -0.25) is 4.79 Å². The maximum atomic E-state index is 10.9. The van der Waals surface area contributed by atoms with Crippen LogP contribution in [0.4, 0.5) is 5.69 Å². The van der Waals surface area contributed by atoms with E-state index in [1.54, 1.807) is 12.1 Å². The highest BCUT2D eigenvalue weighted by Gasteiger charge is 2.21. The third kappa shape index (κ3) is 5.19. The van der Waals surface area contributed by atoms with E-state index in [9.17, 15) is 9.90 Å². The minimum Gasteiger partial charge on any atom is -0.391 e. The maximum Gasteiger partial charge on any atom is 0.221 e. The van der Waals surface area contributed by atoms with Crippen LogP contribution < -0.4 is 11.1 Å². The van der Waals surface area contributed by atoms with E-state index in [1.807, 2.05) is 26.0 Å². The van der Waals surface area contributed by atoms with Crippen molar-refractivity contribution >= 4 is 24.0 Å². The molecule has 5 heteroatoms. The molecule has 0 saturated heterocycles. The molecule has 1 amide bonds. The second-order valence-corrected chi connectivity index (χ2v) is 4.71. The second kappa shape index (κ2) is 8.15. The number of nitrogens with two attached hydrogens (primary N) is 1. The van der Waals surface area contributed by atoms with E-state index in [0.29, 0.717) is 0 Å². The van der Waals surface area contributed by atoms with Crippen molar-refractivity contribution in [2.75, 3.05) is 5.32 Å². The molecular formula is C14H23ClN2O2. The first-order valence-corrected chi connectivity index (χ1v) is 6.27. The lowest BCUT2D eigenvalue weighted by atomic mass is 9.91. The molecule has 1 aromatic carbocycles. The van der Waals surface area contributed by atoms with E-state index < -0.39 is 12.1 Å². The van der Waals surface area contributed by atoms with E-state index in [0.717, 1.165) is 17.7 Å². The molecule has 19 heavy (non-hydrogen) atoms. The fourth-order valence-electron chi connectivity index (χ4n) is 1.78. The van der Waals surface area contributed by atoms with E-state index in [4.69, 9.17) is 5.73 Å². The average Bonchev–Trinajstić information content (AvgIpc) is 2.36. The molecule has 1 unspecified atom stereocenters. The molecule has 0 aromatic heterocycles. The summed E-state index contributed by atoms with van der Waals surface area (Å²) in [4.78, 5) is 10.9. The summed E-state index contributed by atoms with van der Waals surface area (Å²) < 4.78 is 0. The van der Waals surface area contributed by atoms with Crippen LogP contribution in [0, 0.1) is 5.92 Å². The molecule has 0 fully saturated rings. The molecule has 0 saturated carbocycles. The molecule has 108 valence electrons. The lowest BCUT2D eigenvalue weighted by molar-refractivity contribution is -0.114. The number of hydrogen-bond acceptors (Lipinski definition) is 3. The topological polar surface area (TPSA) is 75.3 Å². The molecular weight excluding hydrogens is 264 g/mol. The Morgan fingerprint density at radius 2 is 1.89 bits per heavy atom. The van der Waals surface area contributed by atoms with E-state index in [-0.39, 0.29) is 24.2 Å². The Balaban J connectivity index is 0.00000324. The van der Waals surface area contributed by atoms with Gasteiger partial charge in [0.25, 0.3) is 0 Å². The Bertz CT molecular complexity index is 395. The van der Waals surface area contributed by atoms with Gasteiger partial charge in [0.15, 0.2) is 0 Å². The summed E-state index contributed by atoms with van der Waals surface area (Å²) in [5, 5.41) is 12.8. The quantitative estimate of drug-likeness (QED) is 0.778. The first-order chi connectivity index (χ1) is 8.45. The van der Waals surface area contributed by atoms with Crippen LogP contribution in [0.2, 0.25) is 0 Å². The second-order valence-electron chi connectivity index (χ2n) is 4.71. The highest BCUT2D eigenvalue weighted by molar-refractivity contribution is 5.88. The number of anilines is 1. The molecule has 4 nitrogen and oxygen atoms in total. The summed E-state index contributed by atoms with van der Waals surface area (Å²) in [7, 11) is 0. The number of nitrogens with one attached hydrogen (secondary N) is 1. The van der Waals surface area contributed by atoms with Crippen molar-refractivity contribution in [1.29, 1.82) is 0 Å². The van der Waals surface area contributed by atoms with Crippen molar-refractivity contribution < 1.29 is 9.90 Å². The van der Waals surface area contributed by atoms with Gasteiger partial charge in [0.05, 0.1) is 12.1 Å². The Morgan fingerprint density at radius 3 is 2.32 bits per heavy atom. The van der Waals surface area contributed by atoms with Gasteiger partial charge in [0.2, 0.25) is 5.91 Å². The normalized spacial score (nSPS) is 15.0. The molecule has 1 aromatic rings. The highest BCUT2D eigenvalue weighted by Crippen LogP contribution is 2.22. The summed E-state index contributed by atoms with van der Waals surface area (Å²) in [6, 6.07) is 6.86. The lowest BCUT2D eigenvalue weighted by Gasteiger charge is -2.24. The molecule has 0 bridgehead atoms. The Kier molecular flexibility index (Phi) is 7.68. The van der Waals surface area contributed by atoms with Crippen LogP contribution in [0.1, 0.15) is 38.8 Å². The molecule has 0 aliphatic carbocycles. The summed E-state index contributed by atoms with van der Waals surface area (Å²) in [6.45, 7) is 5.48. The standard InChI is InChI=1S/C14H22N2O2.ClH/c1-4-9(2)14(18)13(15)11-5-7-12(8-6-11)16-10(3)17;/h5-9,13-14,18H,4,15H2,1-3H3,(H,16,17);1H/t9?,13-,14+;/m0./s1. The van der Waals surface area contributed by atoms with Gasteiger partial charge in [-0.15, -0.1) is 12.4 Å². The molecule has 0 radical (unpaired) electrons. The molecule has 0 aliphatic heterocycles. The molecule has 0 aliphatic rings. The number of halogens is 1. The SMILES string of the molecule is CCC(C)[C@@H](O)[C@@H](N)c1ccc(NC(C)=O)cc1.Cl. The summed E-state index contributed by atoms with van der Waals surface area (Å²) in [5.74, 6) is 0.0571. The van der Waals surface area contributed by atoms with Crippen molar-refractivity contribution in [1.82, 2.24) is 0 Å². The van der Waals surface area contributed by atoms with Gasteiger partial charge < -0.3 is 16.2 Å². The minimum atomic E-state index is -0.554. The van der Waals surface area contributed by atoms with E-state index >= 15 is 0 Å².